The molecule has 0 unspecified atom stereocenters. The van der Waals surface area contributed by atoms with Crippen LogP contribution in [0.4, 0.5) is 0 Å². The van der Waals surface area contributed by atoms with Crippen LogP contribution in [0.25, 0.3) is 0 Å². The van der Waals surface area contributed by atoms with Crippen LogP contribution in [0.5, 0.6) is 11.5 Å². The summed E-state index contributed by atoms with van der Waals surface area (Å²) in [5.41, 5.74) is 0. The molecule has 1 aromatic carbocycles. The molecule has 0 saturated carbocycles. The summed E-state index contributed by atoms with van der Waals surface area (Å²) in [5, 5.41) is 6.30. The number of aromatic nitrogens is 2. The van der Waals surface area contributed by atoms with Crippen molar-refractivity contribution in [3.05, 3.63) is 36.0 Å². The standard InChI is InChI=1S/C17H18N4O6/c1-25-11-2-4-12(5-3-11)26-10-13-19-15(27-20-13)8-18-14(22)9-21-16(23)6-7-17(21)24/h2-5H,6-10H2,1H3,(H,18,22). The zero-order chi connectivity index (χ0) is 19.2. The average Bonchev–Trinajstić information content (AvgIpc) is 3.26. The molecule has 0 bridgehead atoms. The molecule has 27 heavy (non-hydrogen) atoms. The highest BCUT2D eigenvalue weighted by atomic mass is 16.5. The Morgan fingerprint density at radius 1 is 1.19 bits per heavy atom. The lowest BCUT2D eigenvalue weighted by atomic mass is 10.3. The average molecular weight is 374 g/mol. The molecule has 1 fully saturated rings. The Bertz CT molecular complexity index is 816. The molecule has 2 heterocycles. The third kappa shape index (κ3) is 4.81. The Morgan fingerprint density at radius 2 is 1.85 bits per heavy atom. The van der Waals surface area contributed by atoms with Crippen LogP contribution in [0, 0.1) is 0 Å². The maximum absolute atomic E-state index is 11.9. The number of likely N-dealkylation sites (tertiary alicyclic amines) is 1. The van der Waals surface area contributed by atoms with Crippen molar-refractivity contribution in [1.29, 1.82) is 0 Å². The SMILES string of the molecule is COc1ccc(OCc2noc(CNC(=O)CN3C(=O)CCC3=O)n2)cc1. The van der Waals surface area contributed by atoms with Crippen molar-refractivity contribution >= 4 is 17.7 Å². The molecule has 0 atom stereocenters. The van der Waals surface area contributed by atoms with Gasteiger partial charge in [0.25, 0.3) is 0 Å². The van der Waals surface area contributed by atoms with Gasteiger partial charge in [-0.1, -0.05) is 5.16 Å². The van der Waals surface area contributed by atoms with Crippen molar-refractivity contribution in [3.63, 3.8) is 0 Å². The van der Waals surface area contributed by atoms with Crippen molar-refractivity contribution in [2.75, 3.05) is 13.7 Å². The van der Waals surface area contributed by atoms with Crippen LogP contribution < -0.4 is 14.8 Å². The highest BCUT2D eigenvalue weighted by molar-refractivity contribution is 6.04. The van der Waals surface area contributed by atoms with E-state index in [2.05, 4.69) is 15.5 Å². The summed E-state index contributed by atoms with van der Waals surface area (Å²) in [6, 6.07) is 7.03. The van der Waals surface area contributed by atoms with Gasteiger partial charge in [-0.25, -0.2) is 0 Å². The number of imide groups is 1. The number of nitrogens with one attached hydrogen (secondary N) is 1. The van der Waals surface area contributed by atoms with Gasteiger partial charge in [-0.2, -0.15) is 4.98 Å². The predicted octanol–water partition coefficient (Wildman–Crippen LogP) is 0.422. The molecule has 1 aliphatic heterocycles. The first-order valence-electron chi connectivity index (χ1n) is 8.23. The van der Waals surface area contributed by atoms with Gasteiger partial charge in [-0.15, -0.1) is 0 Å². The van der Waals surface area contributed by atoms with Crippen molar-refractivity contribution in [1.82, 2.24) is 20.4 Å². The molecule has 3 amide bonds. The number of benzene rings is 1. The van der Waals surface area contributed by atoms with Crippen LogP contribution in [0.1, 0.15) is 24.6 Å². The molecule has 10 heteroatoms. The van der Waals surface area contributed by atoms with Crippen LogP contribution in [-0.4, -0.2) is 46.4 Å². The highest BCUT2D eigenvalue weighted by Gasteiger charge is 2.30. The van der Waals surface area contributed by atoms with Crippen LogP contribution in [-0.2, 0) is 27.5 Å². The molecule has 142 valence electrons. The van der Waals surface area contributed by atoms with Gasteiger partial charge in [0.15, 0.2) is 6.61 Å². The Labute approximate surface area is 154 Å². The summed E-state index contributed by atoms with van der Waals surface area (Å²) >= 11 is 0. The number of hydrogen-bond donors (Lipinski definition) is 1. The van der Waals surface area contributed by atoms with E-state index in [-0.39, 0.29) is 50.2 Å². The second-order valence-corrected chi connectivity index (χ2v) is 5.72. The van der Waals surface area contributed by atoms with E-state index in [0.29, 0.717) is 11.6 Å². The first-order valence-corrected chi connectivity index (χ1v) is 8.23. The van der Waals surface area contributed by atoms with Crippen molar-refractivity contribution in [2.24, 2.45) is 0 Å². The van der Waals surface area contributed by atoms with Gasteiger partial charge in [0.2, 0.25) is 29.4 Å². The van der Waals surface area contributed by atoms with E-state index >= 15 is 0 Å². The molecule has 1 aromatic heterocycles. The van der Waals surface area contributed by atoms with E-state index < -0.39 is 5.91 Å². The third-order valence-corrected chi connectivity index (χ3v) is 3.83. The molecule has 0 aliphatic carbocycles. The molecule has 1 saturated heterocycles. The van der Waals surface area contributed by atoms with Gasteiger partial charge in [0, 0.05) is 12.8 Å². The number of hydrogen-bond acceptors (Lipinski definition) is 8. The second kappa shape index (κ2) is 8.30. The molecule has 1 aliphatic rings. The van der Waals surface area contributed by atoms with E-state index in [1.807, 2.05) is 0 Å². The van der Waals surface area contributed by atoms with Gasteiger partial charge < -0.3 is 19.3 Å². The van der Waals surface area contributed by atoms with Crippen molar-refractivity contribution in [2.45, 2.75) is 26.0 Å². The summed E-state index contributed by atoms with van der Waals surface area (Å²) in [6.07, 6.45) is 0.292. The lowest BCUT2D eigenvalue weighted by Gasteiger charge is -2.12. The Hall–Kier alpha value is -3.43. The number of nitrogens with zero attached hydrogens (tertiary/aromatic N) is 3. The van der Waals surface area contributed by atoms with Gasteiger partial charge in [-0.3, -0.25) is 19.3 Å². The molecule has 0 radical (unpaired) electrons. The quantitative estimate of drug-likeness (QED) is 0.660. The number of ether oxygens (including phenoxy) is 2. The summed E-state index contributed by atoms with van der Waals surface area (Å²) in [5.74, 6) is 0.688. The van der Waals surface area contributed by atoms with E-state index in [1.165, 1.54) is 0 Å². The van der Waals surface area contributed by atoms with E-state index in [9.17, 15) is 14.4 Å². The minimum absolute atomic E-state index is 0.00934. The van der Waals surface area contributed by atoms with Crippen LogP contribution in [0.2, 0.25) is 0 Å². The van der Waals surface area contributed by atoms with E-state index in [1.54, 1.807) is 31.4 Å². The summed E-state index contributed by atoms with van der Waals surface area (Å²) in [4.78, 5) is 39.9. The molecule has 1 N–H and O–H groups in total. The number of methoxy groups -OCH3 is 1. The second-order valence-electron chi connectivity index (χ2n) is 5.72. The maximum atomic E-state index is 11.9. The fraction of sp³-hybridized carbons (Fsp3) is 0.353. The fourth-order valence-corrected chi connectivity index (χ4v) is 2.41. The number of rotatable bonds is 8. The zero-order valence-corrected chi connectivity index (χ0v) is 14.6. The Kier molecular flexibility index (Phi) is 5.64. The molecular weight excluding hydrogens is 356 g/mol. The van der Waals surface area contributed by atoms with Crippen molar-refractivity contribution < 1.29 is 28.4 Å². The first-order chi connectivity index (χ1) is 13.0. The molecule has 10 nitrogen and oxygen atoms in total. The highest BCUT2D eigenvalue weighted by Crippen LogP contribution is 2.17. The largest absolute Gasteiger partial charge is 0.497 e. The lowest BCUT2D eigenvalue weighted by Crippen LogP contribution is -2.39. The molecule has 2 aromatic rings. The van der Waals surface area contributed by atoms with Crippen LogP contribution in [0.15, 0.2) is 28.8 Å². The molecule has 0 spiro atoms. The normalized spacial score (nSPS) is 13.7. The van der Waals surface area contributed by atoms with Gasteiger partial charge in [0.1, 0.15) is 18.0 Å². The number of amides is 3. The lowest BCUT2D eigenvalue weighted by molar-refractivity contribution is -0.142. The minimum atomic E-state index is -0.479. The van der Waals surface area contributed by atoms with Gasteiger partial charge in [0.05, 0.1) is 13.7 Å². The zero-order valence-electron chi connectivity index (χ0n) is 14.6. The van der Waals surface area contributed by atoms with Crippen LogP contribution in [0.3, 0.4) is 0 Å². The fourth-order valence-electron chi connectivity index (χ4n) is 2.41. The van der Waals surface area contributed by atoms with E-state index in [0.717, 1.165) is 10.6 Å². The predicted molar refractivity (Wildman–Crippen MR) is 89.4 cm³/mol. The number of carbonyl (C=O) groups is 3. The Balaban J connectivity index is 1.44. The summed E-state index contributed by atoms with van der Waals surface area (Å²) in [6.45, 7) is -0.218. The summed E-state index contributed by atoms with van der Waals surface area (Å²) in [7, 11) is 1.58. The topological polar surface area (TPSA) is 124 Å². The van der Waals surface area contributed by atoms with E-state index in [4.69, 9.17) is 14.0 Å². The monoisotopic (exact) mass is 374 g/mol. The van der Waals surface area contributed by atoms with Crippen molar-refractivity contribution in [3.8, 4) is 11.5 Å². The molecule has 3 rings (SSSR count). The minimum Gasteiger partial charge on any atom is -0.497 e. The summed E-state index contributed by atoms with van der Waals surface area (Å²) < 4.78 is 15.6. The Morgan fingerprint density at radius 3 is 2.52 bits per heavy atom. The number of carbonyl (C=O) groups excluding carboxylic acids is 3. The maximum Gasteiger partial charge on any atom is 0.246 e. The third-order valence-electron chi connectivity index (χ3n) is 3.83. The van der Waals surface area contributed by atoms with Crippen LogP contribution >= 0.6 is 0 Å². The smallest absolute Gasteiger partial charge is 0.246 e. The van der Waals surface area contributed by atoms with Gasteiger partial charge in [-0.05, 0) is 24.3 Å². The first kappa shape index (κ1) is 18.4. The van der Waals surface area contributed by atoms with Gasteiger partial charge >= 0.3 is 0 Å². The molecular formula is C17H18N4O6.